The molecule has 0 aromatic heterocycles. The number of phenolic OH excluding ortho intramolecular Hbond substituents is 1. The third kappa shape index (κ3) is 3.45. The van der Waals surface area contributed by atoms with Crippen molar-refractivity contribution in [3.05, 3.63) is 62.6 Å². The molecule has 2 aromatic rings. The summed E-state index contributed by atoms with van der Waals surface area (Å²) in [4.78, 5) is 10.5. The Morgan fingerprint density at radius 3 is 2.53 bits per heavy atom. The number of halogens is 1. The summed E-state index contributed by atoms with van der Waals surface area (Å²) in [7, 11) is 0. The van der Waals surface area contributed by atoms with Crippen molar-refractivity contribution < 1.29 is 10.0 Å². The molecule has 0 bridgehead atoms. The molecular formula is C13H11BrN2O3. The van der Waals surface area contributed by atoms with Crippen molar-refractivity contribution in [2.75, 3.05) is 5.32 Å². The summed E-state index contributed by atoms with van der Waals surface area (Å²) in [5.74, 6) is 0.181. The van der Waals surface area contributed by atoms with E-state index >= 15 is 0 Å². The zero-order chi connectivity index (χ0) is 13.8. The summed E-state index contributed by atoms with van der Waals surface area (Å²) in [5.41, 5.74) is 1.46. The minimum Gasteiger partial charge on any atom is -0.508 e. The van der Waals surface area contributed by atoms with Gasteiger partial charge in [-0.25, -0.2) is 0 Å². The number of anilines is 1. The molecular weight excluding hydrogens is 312 g/mol. The van der Waals surface area contributed by atoms with Gasteiger partial charge in [-0.05, 0) is 36.4 Å². The predicted molar refractivity (Wildman–Crippen MR) is 76.2 cm³/mol. The zero-order valence-electron chi connectivity index (χ0n) is 9.84. The summed E-state index contributed by atoms with van der Waals surface area (Å²) >= 11 is 3.22. The predicted octanol–water partition coefficient (Wildman–Crippen LogP) is 3.68. The highest BCUT2D eigenvalue weighted by molar-refractivity contribution is 9.10. The van der Waals surface area contributed by atoms with Gasteiger partial charge in [-0.2, -0.15) is 0 Å². The van der Waals surface area contributed by atoms with E-state index < -0.39 is 4.92 Å². The molecule has 2 aromatic carbocycles. The van der Waals surface area contributed by atoms with E-state index in [1.807, 2.05) is 0 Å². The van der Waals surface area contributed by atoms with Crippen LogP contribution in [-0.4, -0.2) is 10.0 Å². The summed E-state index contributed by atoms with van der Waals surface area (Å²) in [6, 6.07) is 11.5. The van der Waals surface area contributed by atoms with Gasteiger partial charge in [0.25, 0.3) is 5.69 Å². The van der Waals surface area contributed by atoms with Crippen molar-refractivity contribution in [3.63, 3.8) is 0 Å². The van der Waals surface area contributed by atoms with Gasteiger partial charge in [0.1, 0.15) is 5.75 Å². The first kappa shape index (κ1) is 13.4. The lowest BCUT2D eigenvalue weighted by Gasteiger charge is -2.07. The van der Waals surface area contributed by atoms with Crippen LogP contribution in [0.3, 0.4) is 0 Å². The number of hydrogen-bond donors (Lipinski definition) is 2. The van der Waals surface area contributed by atoms with Gasteiger partial charge in [-0.3, -0.25) is 10.1 Å². The number of nitrogens with one attached hydrogen (secondary N) is 1. The van der Waals surface area contributed by atoms with Crippen LogP contribution in [0.15, 0.2) is 46.9 Å². The fourth-order valence-electron chi connectivity index (χ4n) is 1.63. The van der Waals surface area contributed by atoms with Crippen molar-refractivity contribution in [1.29, 1.82) is 0 Å². The quantitative estimate of drug-likeness (QED) is 0.511. The molecule has 0 heterocycles. The highest BCUT2D eigenvalue weighted by atomic mass is 79.9. The minimum absolute atomic E-state index is 0.0700. The summed E-state index contributed by atoms with van der Waals surface area (Å²) in [6.07, 6.45) is 0. The Hall–Kier alpha value is -2.08. The SMILES string of the molecule is O=[N+]([O-])c1cc(Br)ccc1CNc1ccc(O)cc1. The van der Waals surface area contributed by atoms with Crippen LogP contribution in [0.5, 0.6) is 5.75 Å². The number of rotatable bonds is 4. The van der Waals surface area contributed by atoms with E-state index in [1.165, 1.54) is 6.07 Å². The number of nitro benzene ring substituents is 1. The first-order valence-electron chi connectivity index (χ1n) is 5.52. The second kappa shape index (κ2) is 5.71. The molecule has 2 rings (SSSR count). The Morgan fingerprint density at radius 1 is 1.21 bits per heavy atom. The van der Waals surface area contributed by atoms with Crippen molar-refractivity contribution in [2.45, 2.75) is 6.54 Å². The molecule has 98 valence electrons. The van der Waals surface area contributed by atoms with Gasteiger partial charge in [-0.1, -0.05) is 15.9 Å². The van der Waals surface area contributed by atoms with Gasteiger partial charge < -0.3 is 10.4 Å². The van der Waals surface area contributed by atoms with E-state index in [4.69, 9.17) is 5.11 Å². The van der Waals surface area contributed by atoms with Crippen LogP contribution in [0.1, 0.15) is 5.56 Å². The molecule has 6 heteroatoms. The highest BCUT2D eigenvalue weighted by Crippen LogP contribution is 2.24. The Labute approximate surface area is 118 Å². The van der Waals surface area contributed by atoms with E-state index in [0.717, 1.165) is 5.69 Å². The lowest BCUT2D eigenvalue weighted by atomic mass is 10.1. The lowest BCUT2D eigenvalue weighted by molar-refractivity contribution is -0.385. The van der Waals surface area contributed by atoms with Gasteiger partial charge in [0.15, 0.2) is 0 Å². The molecule has 0 aliphatic rings. The maximum Gasteiger partial charge on any atom is 0.275 e. The Bertz CT molecular complexity index is 599. The Kier molecular flexibility index (Phi) is 4.01. The molecule has 19 heavy (non-hydrogen) atoms. The van der Waals surface area contributed by atoms with E-state index in [1.54, 1.807) is 36.4 Å². The summed E-state index contributed by atoms with van der Waals surface area (Å²) in [5, 5.41) is 23.2. The average Bonchev–Trinajstić information content (AvgIpc) is 2.39. The van der Waals surface area contributed by atoms with E-state index in [-0.39, 0.29) is 11.4 Å². The van der Waals surface area contributed by atoms with Crippen LogP contribution < -0.4 is 5.32 Å². The maximum absolute atomic E-state index is 11.0. The molecule has 0 fully saturated rings. The Morgan fingerprint density at radius 2 is 1.89 bits per heavy atom. The van der Waals surface area contributed by atoms with Crippen molar-refractivity contribution in [3.8, 4) is 5.75 Å². The lowest BCUT2D eigenvalue weighted by Crippen LogP contribution is -2.03. The van der Waals surface area contributed by atoms with Crippen LogP contribution in [-0.2, 0) is 6.54 Å². The van der Waals surface area contributed by atoms with Gasteiger partial charge in [0, 0.05) is 28.3 Å². The molecule has 0 aliphatic carbocycles. The van der Waals surface area contributed by atoms with Gasteiger partial charge in [0.2, 0.25) is 0 Å². The van der Waals surface area contributed by atoms with E-state index in [2.05, 4.69) is 21.2 Å². The van der Waals surface area contributed by atoms with Crippen molar-refractivity contribution in [2.24, 2.45) is 0 Å². The molecule has 0 spiro atoms. The fraction of sp³-hybridized carbons (Fsp3) is 0.0769. The van der Waals surface area contributed by atoms with Crippen LogP contribution >= 0.6 is 15.9 Å². The molecule has 0 unspecified atom stereocenters. The normalized spacial score (nSPS) is 10.2. The molecule has 5 nitrogen and oxygen atoms in total. The monoisotopic (exact) mass is 322 g/mol. The molecule has 0 aliphatic heterocycles. The smallest absolute Gasteiger partial charge is 0.275 e. The third-order valence-corrected chi connectivity index (χ3v) is 3.09. The van der Waals surface area contributed by atoms with Crippen LogP contribution in [0.2, 0.25) is 0 Å². The minimum atomic E-state index is -0.404. The van der Waals surface area contributed by atoms with Crippen LogP contribution in [0.4, 0.5) is 11.4 Å². The number of aromatic hydroxyl groups is 1. The maximum atomic E-state index is 11.0. The van der Waals surface area contributed by atoms with Crippen LogP contribution in [0.25, 0.3) is 0 Å². The molecule has 0 radical (unpaired) electrons. The number of nitro groups is 1. The standard InChI is InChI=1S/C13H11BrN2O3/c14-10-2-1-9(13(7-10)16(18)19)8-15-11-3-5-12(17)6-4-11/h1-7,15,17H,8H2. The zero-order valence-corrected chi connectivity index (χ0v) is 11.4. The number of nitrogens with zero attached hydrogens (tertiary/aromatic N) is 1. The number of benzene rings is 2. The van der Waals surface area contributed by atoms with Crippen molar-refractivity contribution >= 4 is 27.3 Å². The molecule has 0 amide bonds. The second-order valence-electron chi connectivity index (χ2n) is 3.93. The molecule has 0 atom stereocenters. The van der Waals surface area contributed by atoms with Crippen LogP contribution in [0, 0.1) is 10.1 Å². The topological polar surface area (TPSA) is 75.4 Å². The number of hydrogen-bond acceptors (Lipinski definition) is 4. The van der Waals surface area contributed by atoms with Gasteiger partial charge in [-0.15, -0.1) is 0 Å². The third-order valence-electron chi connectivity index (χ3n) is 2.59. The van der Waals surface area contributed by atoms with E-state index in [9.17, 15) is 10.1 Å². The molecule has 2 N–H and O–H groups in total. The number of phenols is 1. The Balaban J connectivity index is 2.15. The van der Waals surface area contributed by atoms with Gasteiger partial charge >= 0.3 is 0 Å². The van der Waals surface area contributed by atoms with Gasteiger partial charge in [0.05, 0.1) is 4.92 Å². The molecule has 0 saturated carbocycles. The first-order chi connectivity index (χ1) is 9.06. The summed E-state index contributed by atoms with van der Waals surface area (Å²) < 4.78 is 0.674. The fourth-order valence-corrected chi connectivity index (χ4v) is 1.98. The average molecular weight is 323 g/mol. The largest absolute Gasteiger partial charge is 0.508 e. The van der Waals surface area contributed by atoms with E-state index in [0.29, 0.717) is 16.6 Å². The summed E-state index contributed by atoms with van der Waals surface area (Å²) in [6.45, 7) is 0.342. The highest BCUT2D eigenvalue weighted by Gasteiger charge is 2.13. The first-order valence-corrected chi connectivity index (χ1v) is 6.31. The van der Waals surface area contributed by atoms with Crippen molar-refractivity contribution in [1.82, 2.24) is 0 Å². The molecule has 0 saturated heterocycles. The second-order valence-corrected chi connectivity index (χ2v) is 4.85.